The number of hydrogen-bond donors (Lipinski definition) is 1. The van der Waals surface area contributed by atoms with Crippen LogP contribution in [0.25, 0.3) is 0 Å². The van der Waals surface area contributed by atoms with E-state index in [2.05, 4.69) is 11.9 Å². The van der Waals surface area contributed by atoms with Gasteiger partial charge in [0, 0.05) is 0 Å². The number of nitrogens with one attached hydrogen (secondary N) is 1. The Morgan fingerprint density at radius 3 is 3.00 bits per heavy atom. The highest BCUT2D eigenvalue weighted by atomic mass is 16.2. The Kier molecular flexibility index (Phi) is 2.07. The van der Waals surface area contributed by atoms with Gasteiger partial charge in [-0.1, -0.05) is 18.7 Å². The molecule has 0 radical (unpaired) electrons. The lowest BCUT2D eigenvalue weighted by Gasteiger charge is -2.28. The zero-order chi connectivity index (χ0) is 11.1. The van der Waals surface area contributed by atoms with Gasteiger partial charge in [0.15, 0.2) is 5.78 Å². The lowest BCUT2D eigenvalue weighted by molar-refractivity contribution is -0.136. The van der Waals surface area contributed by atoms with Crippen LogP contribution in [0.1, 0.15) is 12.8 Å². The zero-order valence-corrected chi connectivity index (χ0v) is 8.16. The van der Waals surface area contributed by atoms with Gasteiger partial charge in [0.05, 0.1) is 5.92 Å². The van der Waals surface area contributed by atoms with E-state index < -0.39 is 23.0 Å². The minimum absolute atomic E-state index is 0.348. The van der Waals surface area contributed by atoms with Crippen LogP contribution in [-0.4, -0.2) is 17.6 Å². The molecule has 0 aromatic heterocycles. The molecule has 1 heterocycles. The third kappa shape index (κ3) is 1.11. The van der Waals surface area contributed by atoms with E-state index >= 15 is 0 Å². The van der Waals surface area contributed by atoms with Crippen molar-refractivity contribution in [3.05, 3.63) is 24.8 Å². The van der Waals surface area contributed by atoms with Crippen LogP contribution in [0.3, 0.4) is 0 Å². The number of amides is 2. The molecule has 1 aliphatic heterocycles. The molecule has 2 rings (SSSR count). The highest BCUT2D eigenvalue weighted by Crippen LogP contribution is 2.42. The van der Waals surface area contributed by atoms with E-state index in [1.807, 2.05) is 0 Å². The van der Waals surface area contributed by atoms with E-state index in [4.69, 9.17) is 0 Å². The first-order valence-electron chi connectivity index (χ1n) is 4.83. The predicted octanol–water partition coefficient (Wildman–Crippen LogP) is 0.350. The third-order valence-electron chi connectivity index (χ3n) is 3.07. The molecule has 0 bridgehead atoms. The van der Waals surface area contributed by atoms with Gasteiger partial charge in [0.1, 0.15) is 5.41 Å². The highest BCUT2D eigenvalue weighted by Gasteiger charge is 2.57. The molecule has 0 aromatic rings. The Morgan fingerprint density at radius 2 is 2.33 bits per heavy atom. The van der Waals surface area contributed by atoms with Crippen molar-refractivity contribution >= 4 is 17.6 Å². The van der Waals surface area contributed by atoms with E-state index in [1.54, 1.807) is 12.2 Å². The molecule has 1 fully saturated rings. The van der Waals surface area contributed by atoms with E-state index in [9.17, 15) is 14.4 Å². The van der Waals surface area contributed by atoms with Crippen molar-refractivity contribution in [3.8, 4) is 0 Å². The smallest absolute Gasteiger partial charge is 0.245 e. The molecule has 4 heteroatoms. The highest BCUT2D eigenvalue weighted by molar-refractivity contribution is 6.23. The number of allylic oxidation sites excluding steroid dienone is 2. The number of fused-ring (bicyclic) bond motifs is 1. The molecule has 2 amide bonds. The molecule has 15 heavy (non-hydrogen) atoms. The molecule has 1 aliphatic carbocycles. The van der Waals surface area contributed by atoms with Gasteiger partial charge in [0.25, 0.3) is 0 Å². The number of carbonyl (C=O) groups excluding carboxylic acids is 3. The predicted molar refractivity (Wildman–Crippen MR) is 52.7 cm³/mol. The standard InChI is InChI=1S/C11H11NO3/c1-2-8(13)11-6-4-3-5-7(11)9(14)12-10(11)15/h2,4,6-7H,1,3,5H2,(H,12,14,15). The Morgan fingerprint density at radius 1 is 1.60 bits per heavy atom. The van der Waals surface area contributed by atoms with Gasteiger partial charge in [-0.3, -0.25) is 19.7 Å². The number of imide groups is 1. The fourth-order valence-electron chi connectivity index (χ4n) is 2.28. The van der Waals surface area contributed by atoms with E-state index in [-0.39, 0.29) is 5.91 Å². The van der Waals surface area contributed by atoms with E-state index in [0.29, 0.717) is 6.42 Å². The number of carbonyl (C=O) groups is 3. The molecule has 78 valence electrons. The molecular weight excluding hydrogens is 194 g/mol. The van der Waals surface area contributed by atoms with Gasteiger partial charge in [-0.15, -0.1) is 0 Å². The summed E-state index contributed by atoms with van der Waals surface area (Å²) < 4.78 is 0. The largest absolute Gasteiger partial charge is 0.295 e. The lowest BCUT2D eigenvalue weighted by Crippen LogP contribution is -2.41. The average molecular weight is 205 g/mol. The van der Waals surface area contributed by atoms with Crippen molar-refractivity contribution in [2.45, 2.75) is 12.8 Å². The molecule has 0 spiro atoms. The van der Waals surface area contributed by atoms with Crippen molar-refractivity contribution in [1.82, 2.24) is 5.32 Å². The molecule has 0 aromatic carbocycles. The summed E-state index contributed by atoms with van der Waals surface area (Å²) in [5.74, 6) is -1.81. The van der Waals surface area contributed by atoms with Crippen LogP contribution in [0.4, 0.5) is 0 Å². The second kappa shape index (κ2) is 3.15. The fraction of sp³-hybridized carbons (Fsp3) is 0.364. The maximum Gasteiger partial charge on any atom is 0.245 e. The summed E-state index contributed by atoms with van der Waals surface area (Å²) in [7, 11) is 0. The second-order valence-electron chi connectivity index (χ2n) is 3.79. The van der Waals surface area contributed by atoms with Crippen molar-refractivity contribution < 1.29 is 14.4 Å². The van der Waals surface area contributed by atoms with Crippen molar-refractivity contribution in [2.75, 3.05) is 0 Å². The lowest BCUT2D eigenvalue weighted by atomic mass is 9.69. The average Bonchev–Trinajstić information content (AvgIpc) is 2.52. The minimum Gasteiger partial charge on any atom is -0.295 e. The molecule has 1 N–H and O–H groups in total. The Bertz CT molecular complexity index is 397. The topological polar surface area (TPSA) is 63.2 Å². The quantitative estimate of drug-likeness (QED) is 0.306. The first-order valence-corrected chi connectivity index (χ1v) is 4.83. The molecule has 2 aliphatic rings. The molecule has 2 unspecified atom stereocenters. The van der Waals surface area contributed by atoms with Crippen molar-refractivity contribution in [2.24, 2.45) is 11.3 Å². The summed E-state index contributed by atoms with van der Waals surface area (Å²) in [5.41, 5.74) is -1.31. The summed E-state index contributed by atoms with van der Waals surface area (Å²) in [6, 6.07) is 0. The Hall–Kier alpha value is -1.71. The first kappa shape index (κ1) is 9.83. The molecule has 0 saturated carbocycles. The SMILES string of the molecule is C=CC(=O)C12C=CCCC1C(=O)NC2=O. The molecule has 4 nitrogen and oxygen atoms in total. The van der Waals surface area contributed by atoms with Crippen LogP contribution in [0.5, 0.6) is 0 Å². The van der Waals surface area contributed by atoms with Crippen LogP contribution < -0.4 is 5.32 Å². The van der Waals surface area contributed by atoms with Crippen LogP contribution in [-0.2, 0) is 14.4 Å². The Labute approximate surface area is 87.0 Å². The van der Waals surface area contributed by atoms with Crippen LogP contribution >= 0.6 is 0 Å². The summed E-state index contributed by atoms with van der Waals surface area (Å²) in [4.78, 5) is 34.9. The summed E-state index contributed by atoms with van der Waals surface area (Å²) in [5, 5.41) is 2.22. The number of hydrogen-bond acceptors (Lipinski definition) is 3. The van der Waals surface area contributed by atoms with Gasteiger partial charge >= 0.3 is 0 Å². The third-order valence-corrected chi connectivity index (χ3v) is 3.07. The summed E-state index contributed by atoms with van der Waals surface area (Å²) >= 11 is 0. The zero-order valence-electron chi connectivity index (χ0n) is 8.16. The summed E-state index contributed by atoms with van der Waals surface area (Å²) in [6.45, 7) is 3.38. The summed E-state index contributed by atoms with van der Waals surface area (Å²) in [6.07, 6.45) is 5.69. The fourth-order valence-corrected chi connectivity index (χ4v) is 2.28. The monoisotopic (exact) mass is 205 g/mol. The van der Waals surface area contributed by atoms with Gasteiger partial charge < -0.3 is 0 Å². The van der Waals surface area contributed by atoms with E-state index in [0.717, 1.165) is 12.5 Å². The van der Waals surface area contributed by atoms with Crippen molar-refractivity contribution in [3.63, 3.8) is 0 Å². The van der Waals surface area contributed by atoms with Gasteiger partial charge in [0.2, 0.25) is 11.8 Å². The van der Waals surface area contributed by atoms with Crippen LogP contribution in [0.2, 0.25) is 0 Å². The van der Waals surface area contributed by atoms with Crippen molar-refractivity contribution in [1.29, 1.82) is 0 Å². The maximum absolute atomic E-state index is 11.7. The van der Waals surface area contributed by atoms with Gasteiger partial charge in [-0.25, -0.2) is 0 Å². The molecular formula is C11H11NO3. The molecule has 1 saturated heterocycles. The normalized spacial score (nSPS) is 33.5. The maximum atomic E-state index is 11.7. The van der Waals surface area contributed by atoms with Crippen LogP contribution in [0, 0.1) is 11.3 Å². The van der Waals surface area contributed by atoms with E-state index in [1.165, 1.54) is 0 Å². The second-order valence-corrected chi connectivity index (χ2v) is 3.79. The van der Waals surface area contributed by atoms with Gasteiger partial charge in [-0.05, 0) is 18.9 Å². The number of rotatable bonds is 2. The van der Waals surface area contributed by atoms with Gasteiger partial charge in [-0.2, -0.15) is 0 Å². The number of ketones is 1. The minimum atomic E-state index is -1.31. The Balaban J connectivity index is 2.56. The van der Waals surface area contributed by atoms with Crippen LogP contribution in [0.15, 0.2) is 24.8 Å². The molecule has 2 atom stereocenters. The first-order chi connectivity index (χ1) is 7.13.